The molecule has 0 aromatic heterocycles. The van der Waals surface area contributed by atoms with E-state index in [1.165, 1.54) is 54.4 Å². The molecule has 2 aliphatic carbocycles. The Balaban J connectivity index is 1.20. The van der Waals surface area contributed by atoms with Crippen molar-refractivity contribution in [1.29, 1.82) is 0 Å². The lowest BCUT2D eigenvalue weighted by Gasteiger charge is -2.48. The molecule has 2 aromatic rings. The van der Waals surface area contributed by atoms with Gasteiger partial charge in [0.1, 0.15) is 5.75 Å². The highest BCUT2D eigenvalue weighted by Crippen LogP contribution is 2.50. The lowest BCUT2D eigenvalue weighted by atomic mass is 9.63. The summed E-state index contributed by atoms with van der Waals surface area (Å²) < 4.78 is 6.15. The predicted octanol–water partition coefficient (Wildman–Crippen LogP) is 5.77. The lowest BCUT2D eigenvalue weighted by Crippen LogP contribution is -2.55. The first-order chi connectivity index (χ1) is 18.2. The SMILES string of the molecule is O=C(C1CNCC12CCCc1c2ccc2c1OCC2)N1CCC(c2ccccc2)CC1C1CCCCC1. The summed E-state index contributed by atoms with van der Waals surface area (Å²) in [5.74, 6) is 2.85. The Morgan fingerprint density at radius 2 is 1.84 bits per heavy atom. The van der Waals surface area contributed by atoms with Crippen LogP contribution in [0.4, 0.5) is 0 Å². The van der Waals surface area contributed by atoms with Crippen molar-refractivity contribution in [3.05, 3.63) is 64.7 Å². The highest BCUT2D eigenvalue weighted by molar-refractivity contribution is 5.82. The van der Waals surface area contributed by atoms with Gasteiger partial charge in [-0.1, -0.05) is 61.7 Å². The molecule has 1 saturated carbocycles. The molecule has 7 rings (SSSR count). The molecule has 4 nitrogen and oxygen atoms in total. The number of carbonyl (C=O) groups is 1. The molecule has 4 heteroatoms. The Hall–Kier alpha value is -2.33. The van der Waals surface area contributed by atoms with Gasteiger partial charge >= 0.3 is 0 Å². The molecule has 1 amide bonds. The molecular weight excluding hydrogens is 456 g/mol. The van der Waals surface area contributed by atoms with E-state index in [-0.39, 0.29) is 11.3 Å². The van der Waals surface area contributed by atoms with Gasteiger partial charge in [-0.05, 0) is 79.0 Å². The minimum absolute atomic E-state index is 0.0327. The van der Waals surface area contributed by atoms with E-state index in [1.807, 2.05) is 0 Å². The number of hydrogen-bond acceptors (Lipinski definition) is 3. The molecule has 37 heavy (non-hydrogen) atoms. The summed E-state index contributed by atoms with van der Waals surface area (Å²) >= 11 is 0. The summed E-state index contributed by atoms with van der Waals surface area (Å²) in [4.78, 5) is 17.1. The van der Waals surface area contributed by atoms with E-state index >= 15 is 0 Å². The molecule has 3 fully saturated rings. The maximum atomic E-state index is 14.7. The molecule has 1 spiro atoms. The summed E-state index contributed by atoms with van der Waals surface area (Å²) in [6.45, 7) is 3.45. The Labute approximate surface area is 222 Å². The quantitative estimate of drug-likeness (QED) is 0.584. The van der Waals surface area contributed by atoms with Crippen LogP contribution < -0.4 is 10.1 Å². The minimum Gasteiger partial charge on any atom is -0.493 e. The summed E-state index contributed by atoms with van der Waals surface area (Å²) in [5.41, 5.74) is 5.57. The molecule has 1 N–H and O–H groups in total. The monoisotopic (exact) mass is 498 g/mol. The number of nitrogens with one attached hydrogen (secondary N) is 1. The largest absolute Gasteiger partial charge is 0.493 e. The average Bonchev–Trinajstić information content (AvgIpc) is 3.62. The van der Waals surface area contributed by atoms with Crippen LogP contribution in [0.1, 0.15) is 86.0 Å². The molecule has 2 aromatic carbocycles. The topological polar surface area (TPSA) is 41.6 Å². The number of carbonyl (C=O) groups excluding carboxylic acids is 1. The Kier molecular flexibility index (Phi) is 6.27. The number of amides is 1. The van der Waals surface area contributed by atoms with Crippen LogP contribution in [0.3, 0.4) is 0 Å². The minimum atomic E-state index is -0.0843. The maximum Gasteiger partial charge on any atom is 0.228 e. The van der Waals surface area contributed by atoms with Gasteiger partial charge in [0, 0.05) is 37.5 Å². The first kappa shape index (κ1) is 23.8. The summed E-state index contributed by atoms with van der Waals surface area (Å²) in [6.07, 6.45) is 13.2. The zero-order valence-corrected chi connectivity index (χ0v) is 22.2. The summed E-state index contributed by atoms with van der Waals surface area (Å²) in [5, 5.41) is 3.70. The normalized spacial score (nSPS) is 31.7. The first-order valence-corrected chi connectivity index (χ1v) is 15.1. The number of hydrogen-bond donors (Lipinski definition) is 1. The number of fused-ring (bicyclic) bond motifs is 4. The number of rotatable bonds is 3. The van der Waals surface area contributed by atoms with E-state index < -0.39 is 0 Å². The average molecular weight is 499 g/mol. The van der Waals surface area contributed by atoms with Gasteiger partial charge in [-0.3, -0.25) is 4.79 Å². The van der Waals surface area contributed by atoms with Crippen LogP contribution in [0.2, 0.25) is 0 Å². The van der Waals surface area contributed by atoms with Crippen LogP contribution in [-0.4, -0.2) is 43.1 Å². The third-order valence-corrected chi connectivity index (χ3v) is 10.7. The van der Waals surface area contributed by atoms with Crippen molar-refractivity contribution in [3.63, 3.8) is 0 Å². The third kappa shape index (κ3) is 4.02. The van der Waals surface area contributed by atoms with Crippen LogP contribution in [0, 0.1) is 11.8 Å². The fourth-order valence-corrected chi connectivity index (χ4v) is 8.84. The van der Waals surface area contributed by atoms with Crippen molar-refractivity contribution in [2.45, 2.75) is 88.0 Å². The summed E-state index contributed by atoms with van der Waals surface area (Å²) in [6, 6.07) is 16.1. The van der Waals surface area contributed by atoms with Crippen molar-refractivity contribution in [2.24, 2.45) is 11.8 Å². The van der Waals surface area contributed by atoms with Crippen molar-refractivity contribution in [1.82, 2.24) is 10.2 Å². The van der Waals surface area contributed by atoms with Gasteiger partial charge < -0.3 is 15.0 Å². The van der Waals surface area contributed by atoms with Gasteiger partial charge in [-0.25, -0.2) is 0 Å². The van der Waals surface area contributed by atoms with Crippen LogP contribution in [0.5, 0.6) is 5.75 Å². The molecule has 196 valence electrons. The molecular formula is C33H42N2O2. The number of piperidine rings is 1. The fraction of sp³-hybridized carbons (Fsp3) is 0.606. The molecule has 4 unspecified atom stereocenters. The van der Waals surface area contributed by atoms with E-state index in [0.29, 0.717) is 23.8 Å². The Morgan fingerprint density at radius 1 is 0.973 bits per heavy atom. The van der Waals surface area contributed by atoms with E-state index in [4.69, 9.17) is 4.74 Å². The van der Waals surface area contributed by atoms with Crippen molar-refractivity contribution in [2.75, 3.05) is 26.2 Å². The van der Waals surface area contributed by atoms with Crippen LogP contribution in [0.15, 0.2) is 42.5 Å². The van der Waals surface area contributed by atoms with Gasteiger partial charge in [0.15, 0.2) is 0 Å². The van der Waals surface area contributed by atoms with E-state index in [9.17, 15) is 4.79 Å². The standard InChI is InChI=1S/C33H42N2O2/c36-32(29-21-34-22-33(29)17-7-12-27-28(33)14-13-25-16-19-37-31(25)27)35-18-15-26(23-8-3-1-4-9-23)20-30(35)24-10-5-2-6-11-24/h1,3-4,8-9,13-14,24,26,29-30,34H,2,5-7,10-12,15-22H2. The zero-order valence-electron chi connectivity index (χ0n) is 22.2. The zero-order chi connectivity index (χ0) is 24.8. The fourth-order valence-electron chi connectivity index (χ4n) is 8.84. The van der Waals surface area contributed by atoms with Gasteiger partial charge in [0.2, 0.25) is 5.91 Å². The lowest BCUT2D eigenvalue weighted by molar-refractivity contribution is -0.143. The van der Waals surface area contributed by atoms with Gasteiger partial charge in [0.25, 0.3) is 0 Å². The van der Waals surface area contributed by atoms with E-state index in [1.54, 1.807) is 0 Å². The first-order valence-electron chi connectivity index (χ1n) is 15.1. The van der Waals surface area contributed by atoms with Crippen molar-refractivity contribution < 1.29 is 9.53 Å². The maximum absolute atomic E-state index is 14.7. The number of nitrogens with zero attached hydrogens (tertiary/aromatic N) is 1. The van der Waals surface area contributed by atoms with Gasteiger partial charge in [-0.2, -0.15) is 0 Å². The number of ether oxygens (including phenoxy) is 1. The predicted molar refractivity (Wildman–Crippen MR) is 147 cm³/mol. The molecule has 3 aliphatic heterocycles. The second-order valence-electron chi connectivity index (χ2n) is 12.5. The smallest absolute Gasteiger partial charge is 0.228 e. The molecule has 0 bridgehead atoms. The van der Waals surface area contributed by atoms with Crippen LogP contribution in [0.25, 0.3) is 0 Å². The second kappa shape index (κ2) is 9.76. The molecule has 4 atom stereocenters. The molecule has 0 radical (unpaired) electrons. The van der Waals surface area contributed by atoms with Crippen LogP contribution in [-0.2, 0) is 23.1 Å². The summed E-state index contributed by atoms with van der Waals surface area (Å²) in [7, 11) is 0. The highest BCUT2D eigenvalue weighted by atomic mass is 16.5. The van der Waals surface area contributed by atoms with Gasteiger partial charge in [0.05, 0.1) is 12.5 Å². The Morgan fingerprint density at radius 3 is 2.70 bits per heavy atom. The molecule has 2 saturated heterocycles. The van der Waals surface area contributed by atoms with E-state index in [2.05, 4.69) is 52.7 Å². The second-order valence-corrected chi connectivity index (χ2v) is 12.5. The van der Waals surface area contributed by atoms with E-state index in [0.717, 1.165) is 70.5 Å². The third-order valence-electron chi connectivity index (χ3n) is 10.7. The van der Waals surface area contributed by atoms with Gasteiger partial charge in [-0.15, -0.1) is 0 Å². The molecule has 5 aliphatic rings. The Bertz CT molecular complexity index is 1140. The number of benzene rings is 2. The van der Waals surface area contributed by atoms with Crippen LogP contribution >= 0.6 is 0 Å². The highest BCUT2D eigenvalue weighted by Gasteiger charge is 2.53. The van der Waals surface area contributed by atoms with Crippen molar-refractivity contribution >= 4 is 5.91 Å². The molecule has 3 heterocycles. The number of likely N-dealkylation sites (tertiary alicyclic amines) is 1. The van der Waals surface area contributed by atoms with Crippen molar-refractivity contribution in [3.8, 4) is 5.75 Å².